The van der Waals surface area contributed by atoms with Crippen molar-refractivity contribution in [1.82, 2.24) is 0 Å². The van der Waals surface area contributed by atoms with Gasteiger partial charge in [0.25, 0.3) is 0 Å². The lowest BCUT2D eigenvalue weighted by atomic mass is 10.2. The highest BCUT2D eigenvalue weighted by molar-refractivity contribution is 5.92. The first kappa shape index (κ1) is 7.15. The Morgan fingerprint density at radius 1 is 1.50 bits per heavy atom. The summed E-state index contributed by atoms with van der Waals surface area (Å²) in [5, 5.41) is 0. The van der Waals surface area contributed by atoms with Gasteiger partial charge in [0, 0.05) is 0 Å². The van der Waals surface area contributed by atoms with Crippen LogP contribution in [0, 0.1) is 0 Å². The molecule has 0 atom stereocenters. The molecular weight excluding hydrogens is 100 g/mol. The van der Waals surface area contributed by atoms with Crippen LogP contribution in [0.3, 0.4) is 0 Å². The van der Waals surface area contributed by atoms with Crippen LogP contribution in [0.2, 0.25) is 0 Å². The fourth-order valence-corrected chi connectivity index (χ4v) is 0.294. The Bertz CT molecular complexity index is 131. The van der Waals surface area contributed by atoms with Crippen LogP contribution in [0.5, 0.6) is 0 Å². The van der Waals surface area contributed by atoms with E-state index >= 15 is 0 Å². The summed E-state index contributed by atoms with van der Waals surface area (Å²) in [6.45, 7) is 6.76. The number of hydrogen-bond donors (Lipinski definition) is 0. The van der Waals surface area contributed by atoms with E-state index in [2.05, 4.69) is 6.58 Å². The highest BCUT2D eigenvalue weighted by Gasteiger charge is 1.90. The zero-order valence-corrected chi connectivity index (χ0v) is 5.27. The highest BCUT2D eigenvalue weighted by atomic mass is 16.1. The Morgan fingerprint density at radius 3 is 2.12 bits per heavy atom. The second-order valence-electron chi connectivity index (χ2n) is 1.64. The van der Waals surface area contributed by atoms with Crippen LogP contribution in [0.1, 0.15) is 13.8 Å². The summed E-state index contributed by atoms with van der Waals surface area (Å²) in [5.74, 6) is 0.102. The van der Waals surface area contributed by atoms with Gasteiger partial charge in [-0.1, -0.05) is 18.7 Å². The summed E-state index contributed by atoms with van der Waals surface area (Å²) in [6.07, 6.45) is 3.30. The van der Waals surface area contributed by atoms with Gasteiger partial charge in [-0.15, -0.1) is 0 Å². The molecule has 0 unspecified atom stereocenters. The standard InChI is InChI=1S/C7H10O/c1-4-5-6(2)7(3)8/h4-5H,1H2,2-3H3. The molecule has 8 heavy (non-hydrogen) atoms. The van der Waals surface area contributed by atoms with Gasteiger partial charge in [0.15, 0.2) is 5.78 Å². The first-order valence-electron chi connectivity index (χ1n) is 2.48. The lowest BCUT2D eigenvalue weighted by Gasteiger charge is -1.86. The number of rotatable bonds is 2. The number of carbonyl (C=O) groups is 1. The molecule has 0 aromatic heterocycles. The summed E-state index contributed by atoms with van der Waals surface area (Å²) in [5.41, 5.74) is 0.750. The Balaban J connectivity index is 3.99. The van der Waals surface area contributed by atoms with Crippen molar-refractivity contribution in [3.05, 3.63) is 24.3 Å². The summed E-state index contributed by atoms with van der Waals surface area (Å²) in [4.78, 5) is 10.4. The molecule has 0 saturated carbocycles. The van der Waals surface area contributed by atoms with Gasteiger partial charge in [-0.25, -0.2) is 0 Å². The van der Waals surface area contributed by atoms with Crippen molar-refractivity contribution >= 4 is 5.78 Å². The fraction of sp³-hybridized carbons (Fsp3) is 0.286. The number of ketones is 1. The van der Waals surface area contributed by atoms with Crippen molar-refractivity contribution in [2.75, 3.05) is 0 Å². The van der Waals surface area contributed by atoms with Gasteiger partial charge in [0.1, 0.15) is 0 Å². The molecule has 1 heteroatoms. The molecule has 1 nitrogen and oxygen atoms in total. The maximum Gasteiger partial charge on any atom is 0.155 e. The maximum atomic E-state index is 10.4. The Kier molecular flexibility index (Phi) is 2.85. The Labute approximate surface area is 49.7 Å². The van der Waals surface area contributed by atoms with E-state index < -0.39 is 0 Å². The lowest BCUT2D eigenvalue weighted by molar-refractivity contribution is -0.113. The monoisotopic (exact) mass is 110 g/mol. The Morgan fingerprint density at radius 2 is 2.00 bits per heavy atom. The van der Waals surface area contributed by atoms with Gasteiger partial charge in [-0.3, -0.25) is 4.79 Å². The van der Waals surface area contributed by atoms with E-state index in [1.54, 1.807) is 19.1 Å². The minimum absolute atomic E-state index is 0.102. The molecule has 0 bridgehead atoms. The molecule has 0 aromatic rings. The summed E-state index contributed by atoms with van der Waals surface area (Å²) >= 11 is 0. The van der Waals surface area contributed by atoms with Crippen molar-refractivity contribution in [1.29, 1.82) is 0 Å². The third-order valence-electron chi connectivity index (χ3n) is 0.923. The third-order valence-corrected chi connectivity index (χ3v) is 0.923. The van der Waals surface area contributed by atoms with Gasteiger partial charge in [-0.2, -0.15) is 0 Å². The van der Waals surface area contributed by atoms with E-state index in [4.69, 9.17) is 0 Å². The van der Waals surface area contributed by atoms with Crippen molar-refractivity contribution in [2.24, 2.45) is 0 Å². The number of hydrogen-bond acceptors (Lipinski definition) is 1. The predicted molar refractivity (Wildman–Crippen MR) is 34.6 cm³/mol. The van der Waals surface area contributed by atoms with Crippen molar-refractivity contribution in [2.45, 2.75) is 13.8 Å². The van der Waals surface area contributed by atoms with E-state index in [1.807, 2.05) is 0 Å². The maximum absolute atomic E-state index is 10.4. The average Bonchev–Trinajstić information content (AvgIpc) is 1.67. The predicted octanol–water partition coefficient (Wildman–Crippen LogP) is 1.71. The highest BCUT2D eigenvalue weighted by Crippen LogP contribution is 1.91. The molecule has 0 spiro atoms. The molecule has 0 aliphatic rings. The second kappa shape index (κ2) is 3.19. The Hall–Kier alpha value is -0.850. The van der Waals surface area contributed by atoms with Gasteiger partial charge in [0.05, 0.1) is 0 Å². The van der Waals surface area contributed by atoms with Crippen LogP contribution in [-0.2, 0) is 4.79 Å². The van der Waals surface area contributed by atoms with E-state index in [0.717, 1.165) is 5.57 Å². The molecule has 0 radical (unpaired) electrons. The van der Waals surface area contributed by atoms with Gasteiger partial charge in [-0.05, 0) is 19.4 Å². The molecule has 0 N–H and O–H groups in total. The molecule has 0 fully saturated rings. The van der Waals surface area contributed by atoms with Gasteiger partial charge < -0.3 is 0 Å². The normalized spacial score (nSPS) is 11.0. The van der Waals surface area contributed by atoms with Crippen LogP contribution in [0.4, 0.5) is 0 Å². The van der Waals surface area contributed by atoms with Crippen LogP contribution in [0.25, 0.3) is 0 Å². The van der Waals surface area contributed by atoms with E-state index in [1.165, 1.54) is 6.92 Å². The molecule has 44 valence electrons. The smallest absolute Gasteiger partial charge is 0.155 e. The molecule has 0 aliphatic carbocycles. The molecule has 0 saturated heterocycles. The van der Waals surface area contributed by atoms with Crippen LogP contribution in [-0.4, -0.2) is 5.78 Å². The van der Waals surface area contributed by atoms with E-state index in [0.29, 0.717) is 0 Å². The van der Waals surface area contributed by atoms with Crippen LogP contribution >= 0.6 is 0 Å². The molecule has 0 rings (SSSR count). The summed E-state index contributed by atoms with van der Waals surface area (Å²) in [7, 11) is 0. The van der Waals surface area contributed by atoms with Crippen molar-refractivity contribution < 1.29 is 4.79 Å². The van der Waals surface area contributed by atoms with E-state index in [-0.39, 0.29) is 5.78 Å². The third kappa shape index (κ3) is 2.35. The SMILES string of the molecule is C=CC=C(C)C(C)=O. The van der Waals surface area contributed by atoms with Gasteiger partial charge >= 0.3 is 0 Å². The minimum Gasteiger partial charge on any atom is -0.295 e. The van der Waals surface area contributed by atoms with E-state index in [9.17, 15) is 4.79 Å². The number of carbonyl (C=O) groups excluding carboxylic acids is 1. The molecule has 0 heterocycles. The van der Waals surface area contributed by atoms with Crippen molar-refractivity contribution in [3.8, 4) is 0 Å². The topological polar surface area (TPSA) is 17.1 Å². The summed E-state index contributed by atoms with van der Waals surface area (Å²) < 4.78 is 0. The molecular formula is C7H10O. The first-order valence-corrected chi connectivity index (χ1v) is 2.48. The number of allylic oxidation sites excluding steroid dienone is 3. The molecule has 0 aliphatic heterocycles. The first-order chi connectivity index (χ1) is 3.68. The minimum atomic E-state index is 0.102. The second-order valence-corrected chi connectivity index (χ2v) is 1.64. The van der Waals surface area contributed by atoms with Gasteiger partial charge in [0.2, 0.25) is 0 Å². The van der Waals surface area contributed by atoms with Crippen LogP contribution in [0.15, 0.2) is 24.3 Å². The summed E-state index contributed by atoms with van der Waals surface area (Å²) in [6, 6.07) is 0. The molecule has 0 amide bonds. The lowest BCUT2D eigenvalue weighted by Crippen LogP contribution is -1.88. The van der Waals surface area contributed by atoms with Crippen molar-refractivity contribution in [3.63, 3.8) is 0 Å². The zero-order valence-electron chi connectivity index (χ0n) is 5.27. The largest absolute Gasteiger partial charge is 0.295 e. The average molecular weight is 110 g/mol. The number of Topliss-reactive ketones (excluding diaryl/α,β-unsaturated/α-hetero) is 1. The molecule has 0 aromatic carbocycles. The quantitative estimate of drug-likeness (QED) is 0.390. The zero-order chi connectivity index (χ0) is 6.57. The van der Waals surface area contributed by atoms with Crippen LogP contribution < -0.4 is 0 Å². The fourth-order valence-electron chi connectivity index (χ4n) is 0.294.